The number of hydrogen-bond donors (Lipinski definition) is 2. The highest BCUT2D eigenvalue weighted by Gasteiger charge is 2.07. The number of primary sulfonamides is 1. The summed E-state index contributed by atoms with van der Waals surface area (Å²) < 4.78 is 35.3. The summed E-state index contributed by atoms with van der Waals surface area (Å²) in [6, 6.07) is 12.4. The Morgan fingerprint density at radius 3 is 2.38 bits per heavy atom. The first-order chi connectivity index (χ1) is 11.3. The Balaban J connectivity index is 1.75. The molecule has 5 nitrogen and oxygen atoms in total. The second-order valence-electron chi connectivity index (χ2n) is 5.42. The van der Waals surface area contributed by atoms with Gasteiger partial charge in [0, 0.05) is 13.0 Å². The summed E-state index contributed by atoms with van der Waals surface area (Å²) in [6.07, 6.45) is 1.35. The van der Waals surface area contributed by atoms with Crippen molar-refractivity contribution in [1.82, 2.24) is 5.32 Å². The van der Waals surface area contributed by atoms with E-state index in [-0.39, 0.29) is 23.0 Å². The minimum absolute atomic E-state index is 0.0470. The Kier molecular flexibility index (Phi) is 6.05. The van der Waals surface area contributed by atoms with Crippen molar-refractivity contribution in [3.8, 4) is 0 Å². The predicted molar refractivity (Wildman–Crippen MR) is 89.2 cm³/mol. The van der Waals surface area contributed by atoms with Gasteiger partial charge in [0.15, 0.2) is 0 Å². The molecule has 0 atom stereocenters. The molecule has 0 aliphatic heterocycles. The minimum atomic E-state index is -3.70. The topological polar surface area (TPSA) is 89.3 Å². The highest BCUT2D eigenvalue weighted by Crippen LogP contribution is 2.10. The van der Waals surface area contributed by atoms with Crippen molar-refractivity contribution in [2.24, 2.45) is 5.14 Å². The van der Waals surface area contributed by atoms with Crippen LogP contribution in [0.15, 0.2) is 53.4 Å². The van der Waals surface area contributed by atoms with E-state index in [4.69, 9.17) is 5.14 Å². The smallest absolute Gasteiger partial charge is 0.238 e. The third-order valence-corrected chi connectivity index (χ3v) is 4.45. The average Bonchev–Trinajstić information content (AvgIpc) is 2.52. The molecule has 0 radical (unpaired) electrons. The van der Waals surface area contributed by atoms with E-state index in [0.29, 0.717) is 19.4 Å². The first kappa shape index (κ1) is 18.1. The number of benzene rings is 2. The molecule has 128 valence electrons. The van der Waals surface area contributed by atoms with Crippen molar-refractivity contribution in [3.05, 3.63) is 65.5 Å². The van der Waals surface area contributed by atoms with Crippen molar-refractivity contribution in [3.63, 3.8) is 0 Å². The van der Waals surface area contributed by atoms with Gasteiger partial charge in [-0.3, -0.25) is 4.79 Å². The van der Waals surface area contributed by atoms with Crippen molar-refractivity contribution in [2.45, 2.75) is 24.2 Å². The average molecular weight is 350 g/mol. The van der Waals surface area contributed by atoms with E-state index in [2.05, 4.69) is 5.32 Å². The zero-order chi connectivity index (χ0) is 17.6. The van der Waals surface area contributed by atoms with E-state index in [9.17, 15) is 17.6 Å². The monoisotopic (exact) mass is 350 g/mol. The number of sulfonamides is 1. The van der Waals surface area contributed by atoms with Crippen molar-refractivity contribution >= 4 is 15.9 Å². The number of aryl methyl sites for hydroxylation is 1. The molecule has 0 fully saturated rings. The molecule has 1 amide bonds. The normalized spacial score (nSPS) is 11.2. The van der Waals surface area contributed by atoms with Crippen LogP contribution < -0.4 is 10.5 Å². The molecule has 0 unspecified atom stereocenters. The molecular formula is C17H19FN2O3S. The molecular weight excluding hydrogens is 331 g/mol. The zero-order valence-corrected chi connectivity index (χ0v) is 13.9. The second kappa shape index (κ2) is 8.03. The van der Waals surface area contributed by atoms with E-state index < -0.39 is 10.0 Å². The summed E-state index contributed by atoms with van der Waals surface area (Å²) in [5, 5.41) is 7.81. The molecule has 0 spiro atoms. The molecule has 0 saturated heterocycles. The molecule has 0 saturated carbocycles. The van der Waals surface area contributed by atoms with Gasteiger partial charge in [-0.15, -0.1) is 0 Å². The van der Waals surface area contributed by atoms with Gasteiger partial charge in [-0.25, -0.2) is 17.9 Å². The van der Waals surface area contributed by atoms with Crippen LogP contribution in [0.4, 0.5) is 4.39 Å². The Morgan fingerprint density at radius 2 is 1.75 bits per heavy atom. The lowest BCUT2D eigenvalue weighted by molar-refractivity contribution is -0.121. The molecule has 2 aromatic carbocycles. The van der Waals surface area contributed by atoms with Gasteiger partial charge in [-0.1, -0.05) is 24.3 Å². The predicted octanol–water partition coefficient (Wildman–Crippen LogP) is 1.76. The molecule has 0 aromatic heterocycles. The molecule has 24 heavy (non-hydrogen) atoms. The van der Waals surface area contributed by atoms with Crippen LogP contribution >= 0.6 is 0 Å². The number of carbonyl (C=O) groups is 1. The molecule has 0 heterocycles. The lowest BCUT2D eigenvalue weighted by Crippen LogP contribution is -2.25. The van der Waals surface area contributed by atoms with Crippen LogP contribution in [0, 0.1) is 5.82 Å². The van der Waals surface area contributed by atoms with Gasteiger partial charge in [-0.2, -0.15) is 0 Å². The molecule has 0 bridgehead atoms. The summed E-state index contributed by atoms with van der Waals surface area (Å²) in [6.45, 7) is 0.437. The van der Waals surface area contributed by atoms with Gasteiger partial charge in [0.05, 0.1) is 4.90 Å². The molecule has 2 rings (SSSR count). The second-order valence-corrected chi connectivity index (χ2v) is 6.98. The summed E-state index contributed by atoms with van der Waals surface area (Å²) in [5.74, 6) is -0.399. The number of hydrogen-bond acceptors (Lipinski definition) is 3. The molecule has 2 aromatic rings. The fourth-order valence-corrected chi connectivity index (χ4v) is 2.75. The van der Waals surface area contributed by atoms with Crippen LogP contribution in [-0.2, 0) is 27.7 Å². The van der Waals surface area contributed by atoms with Gasteiger partial charge in [0.2, 0.25) is 15.9 Å². The van der Waals surface area contributed by atoms with Crippen LogP contribution in [0.2, 0.25) is 0 Å². The maximum Gasteiger partial charge on any atom is 0.238 e. The molecule has 0 aliphatic rings. The van der Waals surface area contributed by atoms with Crippen molar-refractivity contribution in [2.75, 3.05) is 6.54 Å². The quantitative estimate of drug-likeness (QED) is 0.797. The molecule has 3 N–H and O–H groups in total. The van der Waals surface area contributed by atoms with Crippen molar-refractivity contribution in [1.29, 1.82) is 0 Å². The lowest BCUT2D eigenvalue weighted by Gasteiger charge is -2.06. The first-order valence-corrected chi connectivity index (χ1v) is 9.02. The van der Waals surface area contributed by atoms with Crippen LogP contribution in [0.25, 0.3) is 0 Å². The number of carbonyl (C=O) groups excluding carboxylic acids is 1. The maximum absolute atomic E-state index is 13.0. The Bertz CT molecular complexity index is 805. The van der Waals surface area contributed by atoms with Crippen LogP contribution in [-0.4, -0.2) is 20.9 Å². The number of halogens is 1. The zero-order valence-electron chi connectivity index (χ0n) is 13.0. The number of nitrogens with two attached hydrogens (primary N) is 1. The Hall–Kier alpha value is -2.25. The third-order valence-electron chi connectivity index (χ3n) is 3.52. The SMILES string of the molecule is NS(=O)(=O)c1ccc(CCC(=O)NCCc2cccc(F)c2)cc1. The molecule has 7 heteroatoms. The van der Waals surface area contributed by atoms with Gasteiger partial charge < -0.3 is 5.32 Å². The van der Waals surface area contributed by atoms with Gasteiger partial charge >= 0.3 is 0 Å². The fourth-order valence-electron chi connectivity index (χ4n) is 2.23. The first-order valence-electron chi connectivity index (χ1n) is 7.47. The highest BCUT2D eigenvalue weighted by atomic mass is 32.2. The molecule has 0 aliphatic carbocycles. The maximum atomic E-state index is 13.0. The largest absolute Gasteiger partial charge is 0.356 e. The summed E-state index contributed by atoms with van der Waals surface area (Å²) in [7, 11) is -3.70. The van der Waals surface area contributed by atoms with Crippen LogP contribution in [0.1, 0.15) is 17.5 Å². The Morgan fingerprint density at radius 1 is 1.04 bits per heavy atom. The summed E-state index contributed by atoms with van der Waals surface area (Å²) in [5.41, 5.74) is 1.68. The van der Waals surface area contributed by atoms with Gasteiger partial charge in [-0.05, 0) is 48.2 Å². The van der Waals surface area contributed by atoms with E-state index >= 15 is 0 Å². The lowest BCUT2D eigenvalue weighted by atomic mass is 10.1. The summed E-state index contributed by atoms with van der Waals surface area (Å²) in [4.78, 5) is 11.8. The van der Waals surface area contributed by atoms with Crippen LogP contribution in [0.3, 0.4) is 0 Å². The minimum Gasteiger partial charge on any atom is -0.356 e. The van der Waals surface area contributed by atoms with E-state index in [1.165, 1.54) is 24.3 Å². The number of amides is 1. The van der Waals surface area contributed by atoms with E-state index in [1.54, 1.807) is 18.2 Å². The van der Waals surface area contributed by atoms with Crippen molar-refractivity contribution < 1.29 is 17.6 Å². The number of nitrogens with one attached hydrogen (secondary N) is 1. The fraction of sp³-hybridized carbons (Fsp3) is 0.235. The Labute approximate surface area is 140 Å². The van der Waals surface area contributed by atoms with E-state index in [0.717, 1.165) is 11.1 Å². The number of rotatable bonds is 7. The van der Waals surface area contributed by atoms with E-state index in [1.807, 2.05) is 6.07 Å². The van der Waals surface area contributed by atoms with Gasteiger partial charge in [0.25, 0.3) is 0 Å². The third kappa shape index (κ3) is 5.75. The summed E-state index contributed by atoms with van der Waals surface area (Å²) >= 11 is 0. The van der Waals surface area contributed by atoms with Gasteiger partial charge in [0.1, 0.15) is 5.82 Å². The standard InChI is InChI=1S/C17H19FN2O3S/c18-15-3-1-2-14(12-15)10-11-20-17(21)9-6-13-4-7-16(8-5-13)24(19,22)23/h1-5,7-8,12H,6,9-11H2,(H,20,21)(H2,19,22,23). The van der Waals surface area contributed by atoms with Crippen LogP contribution in [0.5, 0.6) is 0 Å². The highest BCUT2D eigenvalue weighted by molar-refractivity contribution is 7.89.